The van der Waals surface area contributed by atoms with Crippen molar-refractivity contribution in [3.8, 4) is 0 Å². The molecule has 0 bridgehead atoms. The lowest BCUT2D eigenvalue weighted by Gasteiger charge is -2.40. The third-order valence-electron chi connectivity index (χ3n) is 5.23. The van der Waals surface area contributed by atoms with Crippen LogP contribution in [0.1, 0.15) is 18.0 Å². The Morgan fingerprint density at radius 3 is 1.79 bits per heavy atom. The van der Waals surface area contributed by atoms with Crippen molar-refractivity contribution in [3.05, 3.63) is 119 Å². The molecule has 5 nitrogen and oxygen atoms in total. The molecule has 0 radical (unpaired) electrons. The molecule has 0 unspecified atom stereocenters. The Bertz CT molecular complexity index is 1010. The van der Waals surface area contributed by atoms with Crippen LogP contribution in [0.25, 0.3) is 0 Å². The van der Waals surface area contributed by atoms with Crippen molar-refractivity contribution < 1.29 is 9.49 Å². The Labute approximate surface area is 169 Å². The monoisotopic (exact) mass is 404 g/mol. The Balaban J connectivity index is 1.95. The van der Waals surface area contributed by atoms with Crippen molar-refractivity contribution in [3.63, 3.8) is 0 Å². The zero-order valence-corrected chi connectivity index (χ0v) is 16.6. The minimum atomic E-state index is -3.36. The summed E-state index contributed by atoms with van der Waals surface area (Å²) >= 11 is 0. The van der Waals surface area contributed by atoms with Crippen LogP contribution in [0.2, 0.25) is 0 Å². The summed E-state index contributed by atoms with van der Waals surface area (Å²) in [6, 6.07) is 26.3. The fourth-order valence-corrected chi connectivity index (χ4v) is 6.78. The van der Waals surface area contributed by atoms with Gasteiger partial charge < -0.3 is 4.67 Å². The Hall–Kier alpha value is -3.17. The van der Waals surface area contributed by atoms with Gasteiger partial charge in [0, 0.05) is 28.2 Å². The molecule has 0 N–H and O–H groups in total. The van der Waals surface area contributed by atoms with Crippen LogP contribution in [-0.2, 0) is 4.57 Å². The average Bonchev–Trinajstić information content (AvgIpc) is 2.79. The van der Waals surface area contributed by atoms with E-state index in [9.17, 15) is 14.7 Å². The van der Waals surface area contributed by atoms with E-state index in [1.165, 1.54) is 0 Å². The van der Waals surface area contributed by atoms with Gasteiger partial charge in [0.05, 0.1) is 0 Å². The van der Waals surface area contributed by atoms with Crippen LogP contribution >= 0.6 is 7.29 Å². The van der Waals surface area contributed by atoms with Crippen LogP contribution in [0, 0.1) is 10.1 Å². The van der Waals surface area contributed by atoms with Crippen LogP contribution < -0.4 is 10.6 Å². The second kappa shape index (κ2) is 8.06. The molecule has 0 spiro atoms. The van der Waals surface area contributed by atoms with Crippen molar-refractivity contribution in [2.24, 2.45) is 0 Å². The maximum absolute atomic E-state index is 14.8. The Kier molecular flexibility index (Phi) is 5.32. The molecule has 1 aliphatic heterocycles. The van der Waals surface area contributed by atoms with Gasteiger partial charge >= 0.3 is 0 Å². The molecular weight excluding hydrogens is 383 g/mol. The lowest BCUT2D eigenvalue weighted by Crippen LogP contribution is -2.42. The first-order valence-electron chi connectivity index (χ1n) is 9.47. The van der Waals surface area contributed by atoms with E-state index in [1.807, 2.05) is 91.0 Å². The number of benzene rings is 3. The van der Waals surface area contributed by atoms with Gasteiger partial charge in [0.25, 0.3) is 0 Å². The molecule has 0 aromatic heterocycles. The zero-order valence-electron chi connectivity index (χ0n) is 15.7. The highest BCUT2D eigenvalue weighted by atomic mass is 31.2. The van der Waals surface area contributed by atoms with Crippen LogP contribution in [0.15, 0.2) is 103 Å². The number of hydrogen-bond acceptors (Lipinski definition) is 3. The minimum absolute atomic E-state index is 0.255. The van der Waals surface area contributed by atoms with Crippen molar-refractivity contribution in [1.29, 1.82) is 0 Å². The van der Waals surface area contributed by atoms with Crippen LogP contribution in [-0.4, -0.2) is 15.6 Å². The zero-order chi connectivity index (χ0) is 20.3. The maximum Gasteiger partial charge on any atom is 0.241 e. The highest BCUT2D eigenvalue weighted by Crippen LogP contribution is 2.54. The van der Waals surface area contributed by atoms with Gasteiger partial charge in [0.1, 0.15) is 6.04 Å². The summed E-state index contributed by atoms with van der Waals surface area (Å²) in [5.41, 5.74) is 0.783. The average molecular weight is 404 g/mol. The Morgan fingerprint density at radius 1 is 0.828 bits per heavy atom. The molecule has 0 fully saturated rings. The quantitative estimate of drug-likeness (QED) is 0.356. The summed E-state index contributed by atoms with van der Waals surface area (Å²) in [7, 11) is -3.36. The summed E-state index contributed by atoms with van der Waals surface area (Å²) in [6.07, 6.45) is 3.83. The van der Waals surface area contributed by atoms with Gasteiger partial charge in [-0.2, -0.15) is 0 Å². The van der Waals surface area contributed by atoms with Gasteiger partial charge in [-0.1, -0.05) is 72.8 Å². The Morgan fingerprint density at radius 2 is 1.31 bits per heavy atom. The van der Waals surface area contributed by atoms with E-state index >= 15 is 0 Å². The van der Waals surface area contributed by atoms with E-state index in [0.29, 0.717) is 17.0 Å². The van der Waals surface area contributed by atoms with Crippen LogP contribution in [0.5, 0.6) is 0 Å². The normalized spacial score (nSPS) is 19.1. The highest BCUT2D eigenvalue weighted by molar-refractivity contribution is 7.76. The minimum Gasteiger partial charge on any atom is -0.308 e. The second-order valence-electron chi connectivity index (χ2n) is 6.96. The molecule has 0 saturated carbocycles. The van der Waals surface area contributed by atoms with E-state index in [0.717, 1.165) is 5.56 Å². The first kappa shape index (κ1) is 19.2. The molecule has 0 aliphatic carbocycles. The van der Waals surface area contributed by atoms with E-state index in [-0.39, 0.29) is 4.92 Å². The predicted molar refractivity (Wildman–Crippen MR) is 115 cm³/mol. The van der Waals surface area contributed by atoms with Gasteiger partial charge in [0.15, 0.2) is 0 Å². The van der Waals surface area contributed by atoms with Crippen LogP contribution in [0.4, 0.5) is 0 Å². The van der Waals surface area contributed by atoms with Crippen molar-refractivity contribution in [2.45, 2.75) is 18.5 Å². The summed E-state index contributed by atoms with van der Waals surface area (Å²) < 4.78 is 16.5. The third-order valence-corrected chi connectivity index (χ3v) is 8.26. The van der Waals surface area contributed by atoms with Gasteiger partial charge in [0.2, 0.25) is 13.3 Å². The van der Waals surface area contributed by atoms with E-state index in [4.69, 9.17) is 0 Å². The second-order valence-corrected chi connectivity index (χ2v) is 9.60. The molecule has 1 aliphatic rings. The highest BCUT2D eigenvalue weighted by Gasteiger charge is 2.46. The third kappa shape index (κ3) is 3.50. The number of hydrogen-bond donors (Lipinski definition) is 0. The summed E-state index contributed by atoms with van der Waals surface area (Å²) in [4.78, 5) is 11.7. The molecule has 0 saturated heterocycles. The van der Waals surface area contributed by atoms with Crippen LogP contribution in [0.3, 0.4) is 0 Å². The van der Waals surface area contributed by atoms with Crippen molar-refractivity contribution >= 4 is 17.9 Å². The van der Waals surface area contributed by atoms with Gasteiger partial charge in [-0.05, 0) is 29.8 Å². The predicted octanol–water partition coefficient (Wildman–Crippen LogP) is 4.52. The SMILES string of the molecule is O=[N+]([O-])[C@H]1CC=CN(P(=O)(c2ccccc2)c2ccccc2)[C@H]1c1ccccc1. The van der Waals surface area contributed by atoms with Crippen molar-refractivity contribution in [1.82, 2.24) is 4.67 Å². The number of nitro groups is 1. The fraction of sp³-hybridized carbons (Fsp3) is 0.130. The topological polar surface area (TPSA) is 63.5 Å². The summed E-state index contributed by atoms with van der Waals surface area (Å²) in [5, 5.41) is 13.2. The van der Waals surface area contributed by atoms with E-state index in [1.54, 1.807) is 16.9 Å². The largest absolute Gasteiger partial charge is 0.308 e. The van der Waals surface area contributed by atoms with Gasteiger partial charge in [-0.25, -0.2) is 0 Å². The molecule has 2 atom stereocenters. The lowest BCUT2D eigenvalue weighted by atomic mass is 9.95. The van der Waals surface area contributed by atoms with Crippen molar-refractivity contribution in [2.75, 3.05) is 0 Å². The molecule has 1 heterocycles. The molecule has 29 heavy (non-hydrogen) atoms. The first-order chi connectivity index (χ1) is 14.1. The van der Waals surface area contributed by atoms with E-state index in [2.05, 4.69) is 0 Å². The molecule has 4 rings (SSSR count). The molecule has 146 valence electrons. The molecule has 6 heteroatoms. The molecule has 0 amide bonds. The number of nitrogens with zero attached hydrogens (tertiary/aromatic N) is 2. The standard InChI is InChI=1S/C23H21N2O3P/c26-25(27)22-17-10-18-24(23(22)19-11-4-1-5-12-19)29(28,20-13-6-2-7-14-20)21-15-8-3-9-16-21/h1-16,18,22-23H,17H2/t22-,23-/m0/s1. The first-order valence-corrected chi connectivity index (χ1v) is 11.1. The smallest absolute Gasteiger partial charge is 0.241 e. The molecule has 3 aromatic carbocycles. The summed E-state index contributed by atoms with van der Waals surface area (Å²) in [5.74, 6) is 0. The summed E-state index contributed by atoms with van der Waals surface area (Å²) in [6.45, 7) is 0. The van der Waals surface area contributed by atoms with E-state index < -0.39 is 19.4 Å². The maximum atomic E-state index is 14.8. The fourth-order valence-electron chi connectivity index (χ4n) is 3.88. The lowest BCUT2D eigenvalue weighted by molar-refractivity contribution is -0.530. The molecular formula is C23H21N2O3P. The van der Waals surface area contributed by atoms with Gasteiger partial charge in [-0.3, -0.25) is 14.7 Å². The number of rotatable bonds is 5. The molecule has 3 aromatic rings. The van der Waals surface area contributed by atoms with Gasteiger partial charge in [-0.15, -0.1) is 0 Å².